The van der Waals surface area contributed by atoms with Crippen LogP contribution in [0.25, 0.3) is 17.1 Å². The van der Waals surface area contributed by atoms with Gasteiger partial charge in [-0.15, -0.1) is 0 Å². The van der Waals surface area contributed by atoms with Gasteiger partial charge < -0.3 is 0 Å². The Hall–Kier alpha value is -2.49. The summed E-state index contributed by atoms with van der Waals surface area (Å²) in [5, 5.41) is 0. The van der Waals surface area contributed by atoms with Crippen molar-refractivity contribution >= 4 is 0 Å². The SMILES string of the molecule is Cc1nc2c(c(-n3ccnc3)n1)Cc1ccccc1-2. The Morgan fingerprint density at radius 1 is 1.16 bits per heavy atom. The summed E-state index contributed by atoms with van der Waals surface area (Å²) in [6.07, 6.45) is 6.36. The minimum atomic E-state index is 0.791. The number of aryl methyl sites for hydroxylation is 1. The molecule has 4 nitrogen and oxygen atoms in total. The zero-order valence-corrected chi connectivity index (χ0v) is 10.5. The molecule has 1 aromatic carbocycles. The average Bonchev–Trinajstić information content (AvgIpc) is 3.05. The van der Waals surface area contributed by atoms with E-state index in [0.29, 0.717) is 0 Å². The first kappa shape index (κ1) is 10.4. The van der Waals surface area contributed by atoms with Crippen LogP contribution in [-0.2, 0) is 6.42 Å². The van der Waals surface area contributed by atoms with Gasteiger partial charge in [-0.1, -0.05) is 24.3 Å². The molecular formula is C15H12N4. The van der Waals surface area contributed by atoms with Gasteiger partial charge in [0.05, 0.1) is 5.69 Å². The van der Waals surface area contributed by atoms with Crippen LogP contribution in [0.1, 0.15) is 17.0 Å². The van der Waals surface area contributed by atoms with E-state index in [0.717, 1.165) is 23.8 Å². The van der Waals surface area contributed by atoms with Gasteiger partial charge in [-0.2, -0.15) is 0 Å². The molecule has 1 aliphatic rings. The number of fused-ring (bicyclic) bond motifs is 3. The largest absolute Gasteiger partial charge is 0.290 e. The van der Waals surface area contributed by atoms with Crippen LogP contribution >= 0.6 is 0 Å². The van der Waals surface area contributed by atoms with E-state index in [1.165, 1.54) is 16.7 Å². The summed E-state index contributed by atoms with van der Waals surface area (Å²) in [6, 6.07) is 8.42. The van der Waals surface area contributed by atoms with Gasteiger partial charge in [0.15, 0.2) is 0 Å². The van der Waals surface area contributed by atoms with Crippen LogP contribution in [0.3, 0.4) is 0 Å². The average molecular weight is 248 g/mol. The quantitative estimate of drug-likeness (QED) is 0.520. The first-order valence-electron chi connectivity index (χ1n) is 6.27. The van der Waals surface area contributed by atoms with Crippen LogP contribution in [-0.4, -0.2) is 19.5 Å². The summed E-state index contributed by atoms with van der Waals surface area (Å²) in [7, 11) is 0. The third-order valence-electron chi connectivity index (χ3n) is 3.49. The molecule has 19 heavy (non-hydrogen) atoms. The molecule has 0 fully saturated rings. The molecule has 0 atom stereocenters. The Balaban J connectivity index is 2.01. The highest BCUT2D eigenvalue weighted by atomic mass is 15.1. The van der Waals surface area contributed by atoms with Crippen molar-refractivity contribution in [3.8, 4) is 17.1 Å². The summed E-state index contributed by atoms with van der Waals surface area (Å²) in [4.78, 5) is 13.3. The molecular weight excluding hydrogens is 236 g/mol. The van der Waals surface area contributed by atoms with Gasteiger partial charge >= 0.3 is 0 Å². The second-order valence-electron chi connectivity index (χ2n) is 4.73. The van der Waals surface area contributed by atoms with Crippen LogP contribution in [0.4, 0.5) is 0 Å². The molecule has 0 saturated carbocycles. The van der Waals surface area contributed by atoms with Crippen molar-refractivity contribution in [3.05, 3.63) is 59.9 Å². The van der Waals surface area contributed by atoms with E-state index in [2.05, 4.69) is 39.2 Å². The lowest BCUT2D eigenvalue weighted by atomic mass is 10.1. The van der Waals surface area contributed by atoms with Crippen LogP contribution in [0.5, 0.6) is 0 Å². The van der Waals surface area contributed by atoms with Crippen molar-refractivity contribution < 1.29 is 0 Å². The normalized spacial score (nSPS) is 12.3. The Morgan fingerprint density at radius 3 is 2.89 bits per heavy atom. The number of hydrogen-bond donors (Lipinski definition) is 0. The van der Waals surface area contributed by atoms with E-state index >= 15 is 0 Å². The maximum Gasteiger partial charge on any atom is 0.145 e. The fourth-order valence-electron chi connectivity index (χ4n) is 2.66. The van der Waals surface area contributed by atoms with E-state index < -0.39 is 0 Å². The fraction of sp³-hybridized carbons (Fsp3) is 0.133. The Bertz CT molecular complexity index is 760. The third-order valence-corrected chi connectivity index (χ3v) is 3.49. The van der Waals surface area contributed by atoms with E-state index in [1.54, 1.807) is 12.5 Å². The minimum absolute atomic E-state index is 0.791. The first-order valence-corrected chi connectivity index (χ1v) is 6.27. The van der Waals surface area contributed by atoms with Crippen LogP contribution in [0, 0.1) is 6.92 Å². The van der Waals surface area contributed by atoms with Gasteiger partial charge in [0.2, 0.25) is 0 Å². The second kappa shape index (κ2) is 3.75. The lowest BCUT2D eigenvalue weighted by molar-refractivity contribution is 0.917. The molecule has 1 aliphatic carbocycles. The fourth-order valence-corrected chi connectivity index (χ4v) is 2.66. The highest BCUT2D eigenvalue weighted by molar-refractivity contribution is 5.75. The van der Waals surface area contributed by atoms with E-state index in [9.17, 15) is 0 Å². The lowest BCUT2D eigenvalue weighted by Gasteiger charge is -2.08. The Kier molecular flexibility index (Phi) is 2.06. The third kappa shape index (κ3) is 1.50. The van der Waals surface area contributed by atoms with Gasteiger partial charge in [0.1, 0.15) is 18.0 Å². The highest BCUT2D eigenvalue weighted by Crippen LogP contribution is 2.37. The molecule has 0 spiro atoms. The van der Waals surface area contributed by atoms with E-state index in [4.69, 9.17) is 0 Å². The van der Waals surface area contributed by atoms with Gasteiger partial charge in [0.25, 0.3) is 0 Å². The molecule has 2 aromatic heterocycles. The number of hydrogen-bond acceptors (Lipinski definition) is 3. The molecule has 0 bridgehead atoms. The van der Waals surface area contributed by atoms with Gasteiger partial charge in [-0.3, -0.25) is 4.57 Å². The van der Waals surface area contributed by atoms with Crippen molar-refractivity contribution in [1.82, 2.24) is 19.5 Å². The molecule has 0 saturated heterocycles. The van der Waals surface area contributed by atoms with Crippen LogP contribution in [0.2, 0.25) is 0 Å². The summed E-state index contributed by atoms with van der Waals surface area (Å²) in [6.45, 7) is 1.93. The van der Waals surface area contributed by atoms with Gasteiger partial charge in [-0.25, -0.2) is 15.0 Å². The van der Waals surface area contributed by atoms with Gasteiger partial charge in [0, 0.05) is 29.9 Å². The molecule has 0 N–H and O–H groups in total. The van der Waals surface area contributed by atoms with Crippen LogP contribution < -0.4 is 0 Å². The van der Waals surface area contributed by atoms with E-state index in [-0.39, 0.29) is 0 Å². The monoisotopic (exact) mass is 248 g/mol. The highest BCUT2D eigenvalue weighted by Gasteiger charge is 2.24. The number of aromatic nitrogens is 4. The maximum atomic E-state index is 4.62. The Morgan fingerprint density at radius 2 is 2.05 bits per heavy atom. The summed E-state index contributed by atoms with van der Waals surface area (Å²) in [5.41, 5.74) is 4.79. The Labute approximate surface area is 110 Å². The maximum absolute atomic E-state index is 4.62. The molecule has 4 heteroatoms. The van der Waals surface area contributed by atoms with Crippen molar-refractivity contribution in [2.24, 2.45) is 0 Å². The second-order valence-corrected chi connectivity index (χ2v) is 4.73. The first-order chi connectivity index (χ1) is 9.33. The topological polar surface area (TPSA) is 43.6 Å². The molecule has 0 aliphatic heterocycles. The van der Waals surface area contributed by atoms with E-state index in [1.807, 2.05) is 17.7 Å². The zero-order valence-electron chi connectivity index (χ0n) is 10.5. The summed E-state index contributed by atoms with van der Waals surface area (Å²) in [5.74, 6) is 1.73. The van der Waals surface area contributed by atoms with Crippen molar-refractivity contribution in [2.45, 2.75) is 13.3 Å². The molecule has 3 aromatic rings. The minimum Gasteiger partial charge on any atom is -0.290 e. The predicted molar refractivity (Wildman–Crippen MR) is 72.1 cm³/mol. The molecule has 4 rings (SSSR count). The number of imidazole rings is 1. The zero-order chi connectivity index (χ0) is 12.8. The predicted octanol–water partition coefficient (Wildman–Crippen LogP) is 2.54. The number of rotatable bonds is 1. The molecule has 0 amide bonds. The summed E-state index contributed by atoms with van der Waals surface area (Å²) >= 11 is 0. The number of nitrogens with zero attached hydrogens (tertiary/aromatic N) is 4. The van der Waals surface area contributed by atoms with Crippen LogP contribution in [0.15, 0.2) is 43.0 Å². The molecule has 2 heterocycles. The molecule has 0 unspecified atom stereocenters. The van der Waals surface area contributed by atoms with Gasteiger partial charge in [-0.05, 0) is 12.5 Å². The lowest BCUT2D eigenvalue weighted by Crippen LogP contribution is -2.04. The van der Waals surface area contributed by atoms with Crippen molar-refractivity contribution in [1.29, 1.82) is 0 Å². The standard InChI is InChI=1S/C15H12N4/c1-10-17-14-12-5-3-2-4-11(12)8-13(14)15(18-10)19-7-6-16-9-19/h2-7,9H,8H2,1H3. The number of benzene rings is 1. The molecule has 92 valence electrons. The summed E-state index contributed by atoms with van der Waals surface area (Å²) < 4.78 is 1.96. The van der Waals surface area contributed by atoms with Crippen molar-refractivity contribution in [2.75, 3.05) is 0 Å². The smallest absolute Gasteiger partial charge is 0.145 e. The van der Waals surface area contributed by atoms with Crippen molar-refractivity contribution in [3.63, 3.8) is 0 Å². The molecule has 0 radical (unpaired) electrons.